The molecule has 1 fully saturated rings. The second kappa shape index (κ2) is 6.30. The third-order valence-corrected chi connectivity index (χ3v) is 3.14. The van der Waals surface area contributed by atoms with Gasteiger partial charge in [-0.15, -0.1) is 0 Å². The van der Waals surface area contributed by atoms with E-state index in [1.165, 1.54) is 0 Å². The molecule has 2 rings (SSSR count). The van der Waals surface area contributed by atoms with Gasteiger partial charge in [0.1, 0.15) is 22.9 Å². The first-order chi connectivity index (χ1) is 9.88. The third kappa shape index (κ3) is 3.63. The predicted octanol–water partition coefficient (Wildman–Crippen LogP) is 2.16. The molecule has 4 nitrogen and oxygen atoms in total. The molecule has 0 bridgehead atoms. The number of carbonyl (C=O) groups is 1. The second-order valence-corrected chi connectivity index (χ2v) is 4.69. The zero-order valence-corrected chi connectivity index (χ0v) is 10.9. The van der Waals surface area contributed by atoms with E-state index in [-0.39, 0.29) is 13.1 Å². The fraction of sp³-hybridized carbons (Fsp3) is 0.462. The summed E-state index contributed by atoms with van der Waals surface area (Å²) in [6, 6.07) is 1.06. The van der Waals surface area contributed by atoms with E-state index in [9.17, 15) is 27.5 Å². The van der Waals surface area contributed by atoms with Crippen molar-refractivity contribution in [1.82, 2.24) is 4.90 Å². The van der Waals surface area contributed by atoms with Crippen LogP contribution in [0.2, 0.25) is 0 Å². The monoisotopic (exact) mass is 307 g/mol. The van der Waals surface area contributed by atoms with Crippen molar-refractivity contribution < 1.29 is 32.2 Å². The van der Waals surface area contributed by atoms with E-state index < -0.39 is 41.6 Å². The van der Waals surface area contributed by atoms with Crippen LogP contribution < -0.4 is 4.74 Å². The van der Waals surface area contributed by atoms with E-state index in [1.807, 2.05) is 0 Å². The number of benzene rings is 1. The Labute approximate surface area is 117 Å². The summed E-state index contributed by atoms with van der Waals surface area (Å²) in [5.41, 5.74) is -0.842. The van der Waals surface area contributed by atoms with Crippen molar-refractivity contribution in [2.75, 3.05) is 13.1 Å². The van der Waals surface area contributed by atoms with Gasteiger partial charge in [0.25, 0.3) is 5.91 Å². The number of aliphatic hydroxyl groups is 1. The molecule has 21 heavy (non-hydrogen) atoms. The number of β-amino-alcohol motifs (C(OH)–C–C–N with tert-alkyl or cyclic N) is 1. The molecule has 1 amide bonds. The summed E-state index contributed by atoms with van der Waals surface area (Å²) in [5.74, 6) is -4.19. The Kier molecular flexibility index (Phi) is 4.66. The van der Waals surface area contributed by atoms with Crippen molar-refractivity contribution in [3.63, 3.8) is 0 Å². The van der Waals surface area contributed by atoms with Crippen LogP contribution >= 0.6 is 0 Å². The summed E-state index contributed by atoms with van der Waals surface area (Å²) < 4.78 is 55.5. The number of likely N-dealkylation sites (tertiary alicyclic amines) is 1. The highest BCUT2D eigenvalue weighted by Gasteiger charge is 2.28. The molecule has 1 unspecified atom stereocenters. The quantitative estimate of drug-likeness (QED) is 0.871. The molecule has 1 saturated heterocycles. The van der Waals surface area contributed by atoms with Gasteiger partial charge in [0.2, 0.25) is 0 Å². The molecule has 0 saturated carbocycles. The zero-order valence-electron chi connectivity index (χ0n) is 10.9. The minimum Gasteiger partial charge on any atom is -0.435 e. The van der Waals surface area contributed by atoms with Gasteiger partial charge in [-0.05, 0) is 12.8 Å². The van der Waals surface area contributed by atoms with E-state index in [1.54, 1.807) is 0 Å². The predicted molar refractivity (Wildman–Crippen MR) is 64.1 cm³/mol. The van der Waals surface area contributed by atoms with Crippen molar-refractivity contribution in [2.24, 2.45) is 0 Å². The van der Waals surface area contributed by atoms with E-state index in [0.717, 1.165) is 4.90 Å². The number of amides is 1. The number of piperidine rings is 1. The van der Waals surface area contributed by atoms with Gasteiger partial charge in [-0.3, -0.25) is 4.79 Å². The summed E-state index contributed by atoms with van der Waals surface area (Å²) in [5, 5.41) is 9.47. The largest absolute Gasteiger partial charge is 0.435 e. The van der Waals surface area contributed by atoms with Gasteiger partial charge in [-0.1, -0.05) is 0 Å². The Morgan fingerprint density at radius 1 is 1.33 bits per heavy atom. The van der Waals surface area contributed by atoms with Gasteiger partial charge in [-0.25, -0.2) is 8.78 Å². The minimum absolute atomic E-state index is 0.0208. The summed E-state index contributed by atoms with van der Waals surface area (Å²) in [7, 11) is 0. The van der Waals surface area contributed by atoms with Crippen molar-refractivity contribution >= 4 is 5.91 Å². The molecule has 0 aliphatic carbocycles. The van der Waals surface area contributed by atoms with Crippen LogP contribution in [0.4, 0.5) is 17.6 Å². The molecule has 8 heteroatoms. The van der Waals surface area contributed by atoms with Crippen LogP contribution in [0.1, 0.15) is 23.2 Å². The number of nitrogens with zero attached hydrogens (tertiary/aromatic N) is 1. The summed E-state index contributed by atoms with van der Waals surface area (Å²) in [6.07, 6.45) is 0.286. The first-order valence-corrected chi connectivity index (χ1v) is 6.29. The smallest absolute Gasteiger partial charge is 0.387 e. The lowest BCUT2D eigenvalue weighted by molar-refractivity contribution is -0.0501. The molecule has 1 N–H and O–H groups in total. The average molecular weight is 307 g/mol. The molecule has 0 radical (unpaired) electrons. The molecule has 116 valence electrons. The van der Waals surface area contributed by atoms with E-state index in [2.05, 4.69) is 4.74 Å². The average Bonchev–Trinajstić information content (AvgIpc) is 2.36. The number of alkyl halides is 2. The van der Waals surface area contributed by atoms with E-state index in [4.69, 9.17) is 0 Å². The second-order valence-electron chi connectivity index (χ2n) is 4.69. The standard InChI is InChI=1S/C13H13F4NO3/c14-9-4-8(21-13(16)17)5-10(15)11(9)12(20)18-3-1-2-7(19)6-18/h4-5,7,13,19H,1-3,6H2. The fourth-order valence-electron chi connectivity index (χ4n) is 2.22. The van der Waals surface area contributed by atoms with Crippen LogP contribution in [0, 0.1) is 11.6 Å². The van der Waals surface area contributed by atoms with Crippen molar-refractivity contribution in [1.29, 1.82) is 0 Å². The Morgan fingerprint density at radius 3 is 2.48 bits per heavy atom. The third-order valence-electron chi connectivity index (χ3n) is 3.14. The maximum atomic E-state index is 13.8. The molecule has 0 spiro atoms. The van der Waals surface area contributed by atoms with Crippen molar-refractivity contribution in [2.45, 2.75) is 25.6 Å². The Balaban J connectivity index is 2.24. The molecule has 1 atom stereocenters. The lowest BCUT2D eigenvalue weighted by Crippen LogP contribution is -2.42. The first kappa shape index (κ1) is 15.6. The lowest BCUT2D eigenvalue weighted by Gasteiger charge is -2.30. The number of aliphatic hydroxyl groups excluding tert-OH is 1. The normalized spacial score (nSPS) is 19.0. The summed E-state index contributed by atoms with van der Waals surface area (Å²) >= 11 is 0. The molecule has 1 heterocycles. The molecule has 1 aromatic carbocycles. The lowest BCUT2D eigenvalue weighted by atomic mass is 10.1. The maximum Gasteiger partial charge on any atom is 0.387 e. The number of hydrogen-bond donors (Lipinski definition) is 1. The van der Waals surface area contributed by atoms with Gasteiger partial charge in [0.05, 0.1) is 6.10 Å². The van der Waals surface area contributed by atoms with Gasteiger partial charge in [0, 0.05) is 25.2 Å². The molecule has 1 aliphatic heterocycles. The molecular weight excluding hydrogens is 294 g/mol. The Hall–Kier alpha value is -1.83. The molecular formula is C13H13F4NO3. The topological polar surface area (TPSA) is 49.8 Å². The van der Waals surface area contributed by atoms with Gasteiger partial charge >= 0.3 is 6.61 Å². The fourth-order valence-corrected chi connectivity index (χ4v) is 2.22. The van der Waals surface area contributed by atoms with Crippen LogP contribution in [0.15, 0.2) is 12.1 Å². The van der Waals surface area contributed by atoms with E-state index in [0.29, 0.717) is 25.0 Å². The van der Waals surface area contributed by atoms with E-state index >= 15 is 0 Å². The Morgan fingerprint density at radius 2 is 1.95 bits per heavy atom. The molecule has 0 aromatic heterocycles. The highest BCUT2D eigenvalue weighted by Crippen LogP contribution is 2.24. The van der Waals surface area contributed by atoms with Crippen LogP contribution in [-0.4, -0.2) is 41.7 Å². The number of ether oxygens (including phenoxy) is 1. The van der Waals surface area contributed by atoms with Gasteiger partial charge in [-0.2, -0.15) is 8.78 Å². The van der Waals surface area contributed by atoms with Crippen molar-refractivity contribution in [3.05, 3.63) is 29.3 Å². The van der Waals surface area contributed by atoms with Crippen LogP contribution in [-0.2, 0) is 0 Å². The van der Waals surface area contributed by atoms with Crippen molar-refractivity contribution in [3.8, 4) is 5.75 Å². The minimum atomic E-state index is -3.22. The van der Waals surface area contributed by atoms with Crippen LogP contribution in [0.25, 0.3) is 0 Å². The number of rotatable bonds is 3. The number of carbonyl (C=O) groups excluding carboxylic acids is 1. The zero-order chi connectivity index (χ0) is 15.6. The number of halogens is 4. The van der Waals surface area contributed by atoms with Gasteiger partial charge in [0.15, 0.2) is 0 Å². The first-order valence-electron chi connectivity index (χ1n) is 6.29. The molecule has 1 aliphatic rings. The van der Waals surface area contributed by atoms with Crippen LogP contribution in [0.3, 0.4) is 0 Å². The Bertz CT molecular complexity index is 515. The van der Waals surface area contributed by atoms with Crippen LogP contribution in [0.5, 0.6) is 5.75 Å². The van der Waals surface area contributed by atoms with Gasteiger partial charge < -0.3 is 14.7 Å². The highest BCUT2D eigenvalue weighted by molar-refractivity contribution is 5.95. The summed E-state index contributed by atoms with van der Waals surface area (Å²) in [6.45, 7) is -2.97. The molecule has 1 aromatic rings. The SMILES string of the molecule is O=C(c1c(F)cc(OC(F)F)cc1F)N1CCCC(O)C1. The highest BCUT2D eigenvalue weighted by atomic mass is 19.3. The number of hydrogen-bond acceptors (Lipinski definition) is 3. The maximum absolute atomic E-state index is 13.8. The summed E-state index contributed by atoms with van der Waals surface area (Å²) in [4.78, 5) is 13.2.